The Balaban J connectivity index is 1.49. The highest BCUT2D eigenvalue weighted by atomic mass is 16.1. The summed E-state index contributed by atoms with van der Waals surface area (Å²) < 4.78 is 0. The highest BCUT2D eigenvalue weighted by molar-refractivity contribution is 5.79. The van der Waals surface area contributed by atoms with Gasteiger partial charge in [0.1, 0.15) is 5.82 Å². The molecule has 1 saturated heterocycles. The van der Waals surface area contributed by atoms with Gasteiger partial charge in [-0.25, -0.2) is 4.98 Å². The average Bonchev–Trinajstić information content (AvgIpc) is 2.68. The number of carbonyl (C=O) groups is 1. The molecule has 2 aromatic rings. The second kappa shape index (κ2) is 8.84. The third kappa shape index (κ3) is 5.18. The van der Waals surface area contributed by atoms with Crippen molar-refractivity contribution in [1.82, 2.24) is 15.3 Å². The third-order valence-electron chi connectivity index (χ3n) is 4.99. The van der Waals surface area contributed by atoms with Gasteiger partial charge in [0.2, 0.25) is 11.9 Å². The van der Waals surface area contributed by atoms with Gasteiger partial charge in [-0.3, -0.25) is 4.79 Å². The third-order valence-corrected chi connectivity index (χ3v) is 4.99. The summed E-state index contributed by atoms with van der Waals surface area (Å²) in [6.07, 6.45) is 2.55. The predicted octanol–water partition coefficient (Wildman–Crippen LogP) is 2.43. The van der Waals surface area contributed by atoms with Gasteiger partial charge in [-0.1, -0.05) is 30.3 Å². The molecule has 1 aliphatic heterocycles. The number of aryl methyl sites for hydroxylation is 1. The molecule has 0 unspecified atom stereocenters. The van der Waals surface area contributed by atoms with Crippen LogP contribution in [0.5, 0.6) is 0 Å². The number of hydrogen-bond donors (Lipinski definition) is 1. The standard InChI is InChI=1S/C21H29N5O/c1-16-15-19(25(2)3)24-21(23-16)26-13-10-18(11-14-26)20(27)22-12-9-17-7-5-4-6-8-17/h4-8,15,18H,9-14H2,1-3H3,(H,22,27). The average molecular weight is 367 g/mol. The van der Waals surface area contributed by atoms with Crippen molar-refractivity contribution in [2.45, 2.75) is 26.2 Å². The number of rotatable bonds is 6. The van der Waals surface area contributed by atoms with Crippen molar-refractivity contribution in [3.8, 4) is 0 Å². The summed E-state index contributed by atoms with van der Waals surface area (Å²) in [6.45, 7) is 4.31. The molecule has 1 fully saturated rings. The molecule has 1 N–H and O–H groups in total. The fraction of sp³-hybridized carbons (Fsp3) is 0.476. The Kier molecular flexibility index (Phi) is 6.27. The topological polar surface area (TPSA) is 61.4 Å². The van der Waals surface area contributed by atoms with Crippen molar-refractivity contribution in [2.75, 3.05) is 43.5 Å². The molecular formula is C21H29N5O. The van der Waals surface area contributed by atoms with Crippen LogP contribution in [0.15, 0.2) is 36.4 Å². The van der Waals surface area contributed by atoms with Crippen LogP contribution in [0.3, 0.4) is 0 Å². The Labute approximate surface area is 161 Å². The maximum absolute atomic E-state index is 12.5. The van der Waals surface area contributed by atoms with Crippen LogP contribution in [0.2, 0.25) is 0 Å². The lowest BCUT2D eigenvalue weighted by molar-refractivity contribution is -0.125. The largest absolute Gasteiger partial charge is 0.363 e. The van der Waals surface area contributed by atoms with E-state index < -0.39 is 0 Å². The van der Waals surface area contributed by atoms with Gasteiger partial charge in [0, 0.05) is 51.4 Å². The Bertz CT molecular complexity index is 754. The fourth-order valence-electron chi connectivity index (χ4n) is 3.37. The maximum Gasteiger partial charge on any atom is 0.227 e. The van der Waals surface area contributed by atoms with Crippen molar-refractivity contribution in [3.05, 3.63) is 47.7 Å². The highest BCUT2D eigenvalue weighted by Gasteiger charge is 2.26. The number of hydrogen-bond acceptors (Lipinski definition) is 5. The first-order chi connectivity index (χ1) is 13.0. The molecule has 1 amide bonds. The molecule has 1 aromatic carbocycles. The summed E-state index contributed by atoms with van der Waals surface area (Å²) in [5, 5.41) is 3.09. The van der Waals surface area contributed by atoms with E-state index in [1.165, 1.54) is 5.56 Å². The molecule has 0 bridgehead atoms. The Morgan fingerprint density at radius 1 is 1.19 bits per heavy atom. The molecule has 2 heterocycles. The zero-order valence-corrected chi connectivity index (χ0v) is 16.5. The molecule has 1 aliphatic rings. The summed E-state index contributed by atoms with van der Waals surface area (Å²) in [4.78, 5) is 25.9. The summed E-state index contributed by atoms with van der Waals surface area (Å²) in [5.74, 6) is 1.93. The first-order valence-corrected chi connectivity index (χ1v) is 9.62. The zero-order valence-electron chi connectivity index (χ0n) is 16.5. The lowest BCUT2D eigenvalue weighted by atomic mass is 9.96. The van der Waals surface area contributed by atoms with Gasteiger partial charge in [-0.15, -0.1) is 0 Å². The van der Waals surface area contributed by atoms with Gasteiger partial charge in [-0.2, -0.15) is 4.98 Å². The van der Waals surface area contributed by atoms with Gasteiger partial charge >= 0.3 is 0 Å². The summed E-state index contributed by atoms with van der Waals surface area (Å²) in [6, 6.07) is 12.2. The van der Waals surface area contributed by atoms with Crippen molar-refractivity contribution in [2.24, 2.45) is 5.92 Å². The van der Waals surface area contributed by atoms with Crippen LogP contribution in [-0.2, 0) is 11.2 Å². The van der Waals surface area contributed by atoms with Crippen LogP contribution in [0, 0.1) is 12.8 Å². The predicted molar refractivity (Wildman–Crippen MR) is 109 cm³/mol. The van der Waals surface area contributed by atoms with E-state index in [0.29, 0.717) is 6.54 Å². The number of anilines is 2. The minimum absolute atomic E-state index is 0.0788. The molecule has 3 rings (SSSR count). The molecule has 27 heavy (non-hydrogen) atoms. The number of nitrogens with zero attached hydrogens (tertiary/aromatic N) is 4. The molecule has 1 aromatic heterocycles. The zero-order chi connectivity index (χ0) is 19.2. The van der Waals surface area contributed by atoms with Gasteiger partial charge in [-0.05, 0) is 31.7 Å². The SMILES string of the molecule is Cc1cc(N(C)C)nc(N2CCC(C(=O)NCCc3ccccc3)CC2)n1. The molecule has 0 aliphatic carbocycles. The van der Waals surface area contributed by atoms with E-state index in [1.807, 2.05) is 50.2 Å². The van der Waals surface area contributed by atoms with E-state index in [-0.39, 0.29) is 11.8 Å². The molecule has 6 heteroatoms. The molecule has 6 nitrogen and oxygen atoms in total. The first kappa shape index (κ1) is 19.1. The lowest BCUT2D eigenvalue weighted by Crippen LogP contribution is -2.41. The molecular weight excluding hydrogens is 338 g/mol. The van der Waals surface area contributed by atoms with Crippen LogP contribution < -0.4 is 15.1 Å². The van der Waals surface area contributed by atoms with E-state index in [4.69, 9.17) is 0 Å². The minimum Gasteiger partial charge on any atom is -0.363 e. The number of nitrogens with one attached hydrogen (secondary N) is 1. The van der Waals surface area contributed by atoms with E-state index in [0.717, 1.165) is 49.8 Å². The molecule has 0 spiro atoms. The molecule has 0 radical (unpaired) electrons. The second-order valence-electron chi connectivity index (χ2n) is 7.35. The molecule has 144 valence electrons. The smallest absolute Gasteiger partial charge is 0.227 e. The van der Waals surface area contributed by atoms with Crippen molar-refractivity contribution in [3.63, 3.8) is 0 Å². The monoisotopic (exact) mass is 367 g/mol. The van der Waals surface area contributed by atoms with E-state index in [2.05, 4.69) is 32.3 Å². The van der Waals surface area contributed by atoms with Crippen molar-refractivity contribution < 1.29 is 4.79 Å². The van der Waals surface area contributed by atoms with Crippen LogP contribution in [-0.4, -0.2) is 49.6 Å². The Morgan fingerprint density at radius 2 is 1.89 bits per heavy atom. The quantitative estimate of drug-likeness (QED) is 0.850. The van der Waals surface area contributed by atoms with Gasteiger partial charge in [0.15, 0.2) is 0 Å². The van der Waals surface area contributed by atoms with Crippen molar-refractivity contribution >= 4 is 17.7 Å². The number of aromatic nitrogens is 2. The minimum atomic E-state index is 0.0788. The number of carbonyl (C=O) groups excluding carboxylic acids is 1. The fourth-order valence-corrected chi connectivity index (χ4v) is 3.37. The molecule has 0 saturated carbocycles. The summed E-state index contributed by atoms with van der Waals surface area (Å²) in [5.41, 5.74) is 2.21. The van der Waals surface area contributed by atoms with Crippen LogP contribution in [0.1, 0.15) is 24.1 Å². The van der Waals surface area contributed by atoms with Gasteiger partial charge in [0.25, 0.3) is 0 Å². The number of amides is 1. The van der Waals surface area contributed by atoms with E-state index >= 15 is 0 Å². The Hall–Kier alpha value is -2.63. The van der Waals surface area contributed by atoms with E-state index in [1.54, 1.807) is 0 Å². The first-order valence-electron chi connectivity index (χ1n) is 9.62. The number of benzene rings is 1. The van der Waals surface area contributed by atoms with Gasteiger partial charge < -0.3 is 15.1 Å². The normalized spacial score (nSPS) is 14.9. The molecule has 0 atom stereocenters. The second-order valence-corrected chi connectivity index (χ2v) is 7.35. The highest BCUT2D eigenvalue weighted by Crippen LogP contribution is 2.23. The van der Waals surface area contributed by atoms with Crippen LogP contribution in [0.4, 0.5) is 11.8 Å². The van der Waals surface area contributed by atoms with Crippen LogP contribution in [0.25, 0.3) is 0 Å². The summed E-state index contributed by atoms with van der Waals surface area (Å²) >= 11 is 0. The summed E-state index contributed by atoms with van der Waals surface area (Å²) in [7, 11) is 3.97. The van der Waals surface area contributed by atoms with Crippen molar-refractivity contribution in [1.29, 1.82) is 0 Å². The maximum atomic E-state index is 12.5. The van der Waals surface area contributed by atoms with Gasteiger partial charge in [0.05, 0.1) is 0 Å². The number of piperidine rings is 1. The van der Waals surface area contributed by atoms with E-state index in [9.17, 15) is 4.79 Å². The van der Waals surface area contributed by atoms with Crippen LogP contribution >= 0.6 is 0 Å². The lowest BCUT2D eigenvalue weighted by Gasteiger charge is -2.32. The Morgan fingerprint density at radius 3 is 2.56 bits per heavy atom.